The number of halogens is 1. The predicted molar refractivity (Wildman–Crippen MR) is 79.7 cm³/mol. The van der Waals surface area contributed by atoms with Gasteiger partial charge in [-0.15, -0.1) is 11.6 Å². The second-order valence-corrected chi connectivity index (χ2v) is 4.78. The molecular formula is C14H20ClN3O2. The molecule has 0 aromatic heterocycles. The minimum Gasteiger partial charge on any atom is -0.338 e. The third-order valence-electron chi connectivity index (χ3n) is 2.67. The van der Waals surface area contributed by atoms with E-state index in [1.54, 1.807) is 0 Å². The largest absolute Gasteiger partial charge is 0.338 e. The van der Waals surface area contributed by atoms with Crippen molar-refractivity contribution in [2.24, 2.45) is 0 Å². The Balaban J connectivity index is 2.12. The molecule has 0 aliphatic rings. The fourth-order valence-electron chi connectivity index (χ4n) is 1.73. The van der Waals surface area contributed by atoms with Crippen LogP contribution in [0.15, 0.2) is 30.3 Å². The lowest BCUT2D eigenvalue weighted by molar-refractivity contribution is -0.117. The van der Waals surface area contributed by atoms with E-state index >= 15 is 0 Å². The molecule has 20 heavy (non-hydrogen) atoms. The topological polar surface area (TPSA) is 61.4 Å². The molecule has 3 amide bonds. The van der Waals surface area contributed by atoms with Gasteiger partial charge in [0.15, 0.2) is 0 Å². The number of amides is 3. The first kappa shape index (κ1) is 16.5. The van der Waals surface area contributed by atoms with Crippen molar-refractivity contribution in [2.45, 2.75) is 13.0 Å². The maximum atomic E-state index is 11.2. The first-order chi connectivity index (χ1) is 9.61. The van der Waals surface area contributed by atoms with Gasteiger partial charge in [0.1, 0.15) is 5.88 Å². The van der Waals surface area contributed by atoms with Crippen LogP contribution in [0.3, 0.4) is 0 Å². The highest BCUT2D eigenvalue weighted by atomic mass is 35.5. The van der Waals surface area contributed by atoms with Gasteiger partial charge < -0.3 is 10.2 Å². The fraction of sp³-hybridized carbons (Fsp3) is 0.429. The van der Waals surface area contributed by atoms with Gasteiger partial charge in [-0.1, -0.05) is 30.3 Å². The van der Waals surface area contributed by atoms with Crippen LogP contribution in [0.4, 0.5) is 4.79 Å². The van der Waals surface area contributed by atoms with Crippen LogP contribution in [0.5, 0.6) is 0 Å². The van der Waals surface area contributed by atoms with Crippen molar-refractivity contribution < 1.29 is 9.59 Å². The Morgan fingerprint density at radius 2 is 1.95 bits per heavy atom. The number of rotatable bonds is 7. The first-order valence-electron chi connectivity index (χ1n) is 6.48. The average molecular weight is 298 g/mol. The number of alkyl halides is 1. The van der Waals surface area contributed by atoms with Crippen molar-refractivity contribution in [1.29, 1.82) is 0 Å². The zero-order valence-corrected chi connectivity index (χ0v) is 12.3. The summed E-state index contributed by atoms with van der Waals surface area (Å²) in [5.74, 6) is -0.710. The quantitative estimate of drug-likeness (QED) is 0.593. The molecule has 0 aliphatic carbocycles. The molecule has 0 spiro atoms. The van der Waals surface area contributed by atoms with E-state index in [0.29, 0.717) is 6.54 Å². The molecule has 110 valence electrons. The smallest absolute Gasteiger partial charge is 0.321 e. The summed E-state index contributed by atoms with van der Waals surface area (Å²) < 4.78 is 0. The highest BCUT2D eigenvalue weighted by Crippen LogP contribution is 2.02. The maximum absolute atomic E-state index is 11.2. The molecule has 0 saturated carbocycles. The predicted octanol–water partition coefficient (Wildman–Crippen LogP) is 1.57. The van der Waals surface area contributed by atoms with Crippen LogP contribution in [0.25, 0.3) is 0 Å². The number of hydrogen-bond acceptors (Lipinski definition) is 3. The summed E-state index contributed by atoms with van der Waals surface area (Å²) in [5, 5.41) is 4.73. The molecule has 5 nitrogen and oxygen atoms in total. The summed E-state index contributed by atoms with van der Waals surface area (Å²) in [6.07, 6.45) is 0.811. The normalized spacial score (nSPS) is 10.3. The molecule has 6 heteroatoms. The van der Waals surface area contributed by atoms with E-state index in [-0.39, 0.29) is 5.88 Å². The van der Waals surface area contributed by atoms with Crippen LogP contribution in [-0.4, -0.2) is 42.9 Å². The summed E-state index contributed by atoms with van der Waals surface area (Å²) in [6.45, 7) is 2.25. The van der Waals surface area contributed by atoms with Gasteiger partial charge in [-0.25, -0.2) is 4.79 Å². The SMILES string of the molecule is CN(CCCNC(=O)NC(=O)CCl)Cc1ccccc1. The number of urea groups is 1. The zero-order chi connectivity index (χ0) is 14.8. The highest BCUT2D eigenvalue weighted by Gasteiger charge is 2.05. The van der Waals surface area contributed by atoms with Crippen molar-refractivity contribution in [1.82, 2.24) is 15.5 Å². The molecule has 2 N–H and O–H groups in total. The molecule has 1 aromatic rings. The Labute approximate surface area is 124 Å². The summed E-state index contributed by atoms with van der Waals surface area (Å²) in [5.41, 5.74) is 1.26. The van der Waals surface area contributed by atoms with Crippen LogP contribution < -0.4 is 10.6 Å². The number of carbonyl (C=O) groups is 2. The maximum Gasteiger partial charge on any atom is 0.321 e. The van der Waals surface area contributed by atoms with Gasteiger partial charge in [0.05, 0.1) is 0 Å². The van der Waals surface area contributed by atoms with Crippen LogP contribution >= 0.6 is 11.6 Å². The van der Waals surface area contributed by atoms with E-state index in [0.717, 1.165) is 19.5 Å². The number of benzene rings is 1. The molecule has 0 unspecified atom stereocenters. The standard InChI is InChI=1S/C14H20ClN3O2/c1-18(11-12-6-3-2-4-7-12)9-5-8-16-14(20)17-13(19)10-15/h2-4,6-7H,5,8-11H2,1H3,(H2,16,17,19,20). The van der Waals surface area contributed by atoms with Crippen molar-refractivity contribution in [3.05, 3.63) is 35.9 Å². The Hall–Kier alpha value is -1.59. The van der Waals surface area contributed by atoms with E-state index in [4.69, 9.17) is 11.6 Å². The van der Waals surface area contributed by atoms with Gasteiger partial charge >= 0.3 is 6.03 Å². The van der Waals surface area contributed by atoms with Crippen molar-refractivity contribution in [2.75, 3.05) is 26.0 Å². The highest BCUT2D eigenvalue weighted by molar-refractivity contribution is 6.28. The molecule has 1 rings (SSSR count). The van der Waals surface area contributed by atoms with E-state index in [2.05, 4.69) is 27.7 Å². The monoisotopic (exact) mass is 297 g/mol. The number of nitrogens with zero attached hydrogens (tertiary/aromatic N) is 1. The molecule has 0 bridgehead atoms. The van der Waals surface area contributed by atoms with Gasteiger partial charge in [0, 0.05) is 13.1 Å². The molecule has 0 fully saturated rings. The van der Waals surface area contributed by atoms with Gasteiger partial charge in [-0.05, 0) is 25.6 Å². The van der Waals surface area contributed by atoms with Gasteiger partial charge in [-0.2, -0.15) is 0 Å². The van der Waals surface area contributed by atoms with Crippen LogP contribution in [-0.2, 0) is 11.3 Å². The van der Waals surface area contributed by atoms with Gasteiger partial charge in [0.25, 0.3) is 0 Å². The summed E-state index contributed by atoms with van der Waals surface area (Å²) in [6, 6.07) is 9.70. The Kier molecular flexibility index (Phi) is 7.69. The van der Waals surface area contributed by atoms with E-state index < -0.39 is 11.9 Å². The summed E-state index contributed by atoms with van der Waals surface area (Å²) in [7, 11) is 2.03. The molecular weight excluding hydrogens is 278 g/mol. The second kappa shape index (κ2) is 9.34. The van der Waals surface area contributed by atoms with Crippen LogP contribution in [0, 0.1) is 0 Å². The Morgan fingerprint density at radius 1 is 1.25 bits per heavy atom. The average Bonchev–Trinajstić information content (AvgIpc) is 2.44. The van der Waals surface area contributed by atoms with Gasteiger partial charge in [0.2, 0.25) is 5.91 Å². The molecule has 0 aliphatic heterocycles. The van der Waals surface area contributed by atoms with Crippen molar-refractivity contribution >= 4 is 23.5 Å². The summed E-state index contributed by atoms with van der Waals surface area (Å²) >= 11 is 5.28. The van der Waals surface area contributed by atoms with E-state index in [9.17, 15) is 9.59 Å². The lowest BCUT2D eigenvalue weighted by Crippen LogP contribution is -2.40. The molecule has 0 atom stereocenters. The van der Waals surface area contributed by atoms with Gasteiger partial charge in [-0.3, -0.25) is 10.1 Å². The Bertz CT molecular complexity index is 426. The second-order valence-electron chi connectivity index (χ2n) is 4.51. The molecule has 0 saturated heterocycles. The number of imide groups is 1. The number of nitrogens with one attached hydrogen (secondary N) is 2. The molecule has 0 radical (unpaired) electrons. The Morgan fingerprint density at radius 3 is 2.60 bits per heavy atom. The van der Waals surface area contributed by atoms with Crippen LogP contribution in [0.1, 0.15) is 12.0 Å². The molecule has 0 heterocycles. The van der Waals surface area contributed by atoms with Crippen LogP contribution in [0.2, 0.25) is 0 Å². The number of hydrogen-bond donors (Lipinski definition) is 2. The molecule has 1 aromatic carbocycles. The van der Waals surface area contributed by atoms with Crippen molar-refractivity contribution in [3.8, 4) is 0 Å². The minimum atomic E-state index is -0.499. The minimum absolute atomic E-state index is 0.215. The zero-order valence-electron chi connectivity index (χ0n) is 11.6. The third kappa shape index (κ3) is 7.11. The number of carbonyl (C=O) groups excluding carboxylic acids is 2. The fourth-order valence-corrected chi connectivity index (χ4v) is 1.80. The lowest BCUT2D eigenvalue weighted by atomic mass is 10.2. The first-order valence-corrected chi connectivity index (χ1v) is 7.01. The van der Waals surface area contributed by atoms with E-state index in [1.165, 1.54) is 5.56 Å². The van der Waals surface area contributed by atoms with Crippen molar-refractivity contribution in [3.63, 3.8) is 0 Å². The third-order valence-corrected chi connectivity index (χ3v) is 2.91. The lowest BCUT2D eigenvalue weighted by Gasteiger charge is -2.16. The van der Waals surface area contributed by atoms with E-state index in [1.807, 2.05) is 25.2 Å². The summed E-state index contributed by atoms with van der Waals surface area (Å²) in [4.78, 5) is 24.3.